The maximum Gasteiger partial charge on any atom is 0.411 e. The summed E-state index contributed by atoms with van der Waals surface area (Å²) in [5, 5.41) is 2.65. The lowest BCUT2D eigenvalue weighted by Crippen LogP contribution is -2.35. The number of carbonyl (C=O) groups excluding carboxylic acids is 1. The summed E-state index contributed by atoms with van der Waals surface area (Å²) >= 11 is 0. The third-order valence-electron chi connectivity index (χ3n) is 4.80. The van der Waals surface area contributed by atoms with Crippen molar-refractivity contribution in [3.05, 3.63) is 59.7 Å². The second-order valence-corrected chi connectivity index (χ2v) is 9.19. The van der Waals surface area contributed by atoms with Crippen molar-refractivity contribution in [1.82, 2.24) is 4.31 Å². The summed E-state index contributed by atoms with van der Waals surface area (Å²) in [5.74, 6) is -0.463. The Hall–Kier alpha value is -2.43. The first-order chi connectivity index (χ1) is 14.6. The summed E-state index contributed by atoms with van der Waals surface area (Å²) in [7, 11) is -3.62. The van der Waals surface area contributed by atoms with E-state index in [1.807, 2.05) is 0 Å². The van der Waals surface area contributed by atoms with Crippen molar-refractivity contribution in [2.75, 3.05) is 25.0 Å². The first-order valence-corrected chi connectivity index (χ1v) is 11.2. The van der Waals surface area contributed by atoms with E-state index in [4.69, 9.17) is 0 Å². The number of ether oxygens (including phenoxy) is 1. The highest BCUT2D eigenvalue weighted by Crippen LogP contribution is 2.23. The third kappa shape index (κ3) is 6.52. The van der Waals surface area contributed by atoms with E-state index in [0.29, 0.717) is 24.3 Å². The monoisotopic (exact) mass is 456 g/mol. The molecule has 0 radical (unpaired) electrons. The number of sulfonamides is 1. The number of alkyl halides is 3. The van der Waals surface area contributed by atoms with E-state index >= 15 is 0 Å². The second-order valence-electron chi connectivity index (χ2n) is 7.25. The number of nitrogens with one attached hydrogen (secondary N) is 1. The molecule has 1 aliphatic rings. The molecule has 0 atom stereocenters. The Bertz CT molecular complexity index is 1000. The zero-order chi connectivity index (χ0) is 22.5. The van der Waals surface area contributed by atoms with Crippen molar-refractivity contribution in [1.29, 1.82) is 0 Å². The van der Waals surface area contributed by atoms with Crippen molar-refractivity contribution in [2.45, 2.75) is 36.9 Å². The van der Waals surface area contributed by atoms with Crippen LogP contribution < -0.4 is 5.32 Å². The Morgan fingerprint density at radius 1 is 1.03 bits per heavy atom. The van der Waals surface area contributed by atoms with Crippen LogP contribution in [0.1, 0.15) is 35.2 Å². The van der Waals surface area contributed by atoms with Gasteiger partial charge in [-0.3, -0.25) is 4.79 Å². The molecule has 2 aromatic carbocycles. The molecule has 0 aliphatic carbocycles. The average Bonchev–Trinajstić information content (AvgIpc) is 2.74. The molecule has 6 nitrogen and oxygen atoms in total. The number of nitrogens with zero attached hydrogens (tertiary/aromatic N) is 1. The van der Waals surface area contributed by atoms with Gasteiger partial charge in [0.2, 0.25) is 10.0 Å². The van der Waals surface area contributed by atoms with Gasteiger partial charge < -0.3 is 10.1 Å². The van der Waals surface area contributed by atoms with E-state index in [1.165, 1.54) is 40.7 Å². The summed E-state index contributed by atoms with van der Waals surface area (Å²) in [6.45, 7) is -0.598. The van der Waals surface area contributed by atoms with Gasteiger partial charge in [-0.2, -0.15) is 17.5 Å². The van der Waals surface area contributed by atoms with Gasteiger partial charge in [0, 0.05) is 24.3 Å². The summed E-state index contributed by atoms with van der Waals surface area (Å²) in [4.78, 5) is 12.6. The Morgan fingerprint density at radius 3 is 2.35 bits per heavy atom. The fourth-order valence-electron chi connectivity index (χ4n) is 3.23. The van der Waals surface area contributed by atoms with Crippen LogP contribution in [0.25, 0.3) is 0 Å². The summed E-state index contributed by atoms with van der Waals surface area (Å²) in [6, 6.07) is 12.0. The molecule has 1 heterocycles. The SMILES string of the molecule is O=C(Nc1cccc(S(=O)(=O)N2CCCCC2)c1)c1ccc(COCC(F)(F)F)cc1. The van der Waals surface area contributed by atoms with Crippen molar-refractivity contribution in [3.63, 3.8) is 0 Å². The molecule has 0 unspecified atom stereocenters. The van der Waals surface area contributed by atoms with E-state index in [2.05, 4.69) is 10.1 Å². The largest absolute Gasteiger partial charge is 0.411 e. The molecule has 10 heteroatoms. The maximum absolute atomic E-state index is 12.8. The smallest absolute Gasteiger partial charge is 0.367 e. The number of hydrogen-bond donors (Lipinski definition) is 1. The molecule has 1 fully saturated rings. The summed E-state index contributed by atoms with van der Waals surface area (Å²) < 4.78 is 68.0. The minimum absolute atomic E-state index is 0.115. The van der Waals surface area contributed by atoms with Gasteiger partial charge >= 0.3 is 6.18 Å². The second kappa shape index (κ2) is 9.80. The van der Waals surface area contributed by atoms with Gasteiger partial charge in [0.1, 0.15) is 6.61 Å². The molecule has 1 amide bonds. The topological polar surface area (TPSA) is 75.7 Å². The highest BCUT2D eigenvalue weighted by atomic mass is 32.2. The van der Waals surface area contributed by atoms with Gasteiger partial charge in [-0.15, -0.1) is 0 Å². The molecule has 31 heavy (non-hydrogen) atoms. The zero-order valence-corrected chi connectivity index (χ0v) is 17.5. The Morgan fingerprint density at radius 2 is 1.71 bits per heavy atom. The molecule has 0 aromatic heterocycles. The van der Waals surface area contributed by atoms with Gasteiger partial charge in [-0.25, -0.2) is 8.42 Å². The van der Waals surface area contributed by atoms with Gasteiger partial charge in [0.15, 0.2) is 0 Å². The number of amides is 1. The average molecular weight is 456 g/mol. The maximum atomic E-state index is 12.8. The standard InChI is InChI=1S/C21H23F3N2O4S/c22-21(23,24)15-30-14-16-7-9-17(10-8-16)20(27)25-18-5-4-6-19(13-18)31(28,29)26-11-2-1-3-12-26/h4-10,13H,1-3,11-12,14-15H2,(H,25,27). The first-order valence-electron chi connectivity index (χ1n) is 9.80. The lowest BCUT2D eigenvalue weighted by molar-refractivity contribution is -0.176. The van der Waals surface area contributed by atoms with Crippen LogP contribution in [-0.4, -0.2) is 44.5 Å². The van der Waals surface area contributed by atoms with Crippen LogP contribution in [0.5, 0.6) is 0 Å². The minimum atomic E-state index is -4.39. The highest BCUT2D eigenvalue weighted by molar-refractivity contribution is 7.89. The lowest BCUT2D eigenvalue weighted by atomic mass is 10.1. The first kappa shape index (κ1) is 23.2. The predicted molar refractivity (Wildman–Crippen MR) is 109 cm³/mol. The lowest BCUT2D eigenvalue weighted by Gasteiger charge is -2.26. The van der Waals surface area contributed by atoms with Crippen LogP contribution in [-0.2, 0) is 21.4 Å². The zero-order valence-electron chi connectivity index (χ0n) is 16.7. The number of piperidine rings is 1. The van der Waals surface area contributed by atoms with Gasteiger partial charge in [-0.05, 0) is 48.7 Å². The van der Waals surface area contributed by atoms with Crippen molar-refractivity contribution in [2.24, 2.45) is 0 Å². The number of anilines is 1. The molecule has 0 saturated carbocycles. The van der Waals surface area contributed by atoms with Crippen LogP contribution in [0.3, 0.4) is 0 Å². The van der Waals surface area contributed by atoms with Crippen LogP contribution >= 0.6 is 0 Å². The molecule has 0 spiro atoms. The molecular weight excluding hydrogens is 433 g/mol. The highest BCUT2D eigenvalue weighted by Gasteiger charge is 2.27. The van der Waals surface area contributed by atoms with Gasteiger partial charge in [-0.1, -0.05) is 24.6 Å². The molecule has 168 valence electrons. The quantitative estimate of drug-likeness (QED) is 0.678. The Kier molecular flexibility index (Phi) is 7.34. The van der Waals surface area contributed by atoms with Gasteiger partial charge in [0.05, 0.1) is 11.5 Å². The number of rotatable bonds is 7. The Labute approximate surface area is 179 Å². The van der Waals surface area contributed by atoms with E-state index in [9.17, 15) is 26.4 Å². The fourth-order valence-corrected chi connectivity index (χ4v) is 4.79. The molecule has 1 saturated heterocycles. The molecule has 3 rings (SSSR count). The van der Waals surface area contributed by atoms with Crippen LogP contribution in [0, 0.1) is 0 Å². The molecule has 2 aromatic rings. The Balaban J connectivity index is 1.63. The number of halogens is 3. The number of hydrogen-bond acceptors (Lipinski definition) is 4. The van der Waals surface area contributed by atoms with Crippen molar-refractivity contribution in [3.8, 4) is 0 Å². The molecule has 1 aliphatic heterocycles. The van der Waals surface area contributed by atoms with Crippen molar-refractivity contribution < 1.29 is 31.1 Å². The third-order valence-corrected chi connectivity index (χ3v) is 6.69. The fraction of sp³-hybridized carbons (Fsp3) is 0.381. The predicted octanol–water partition coefficient (Wildman–Crippen LogP) is 4.19. The van der Waals surface area contributed by atoms with E-state index < -0.39 is 28.7 Å². The normalized spacial score (nSPS) is 15.6. The molecular formula is C21H23F3N2O4S. The van der Waals surface area contributed by atoms with E-state index in [-0.39, 0.29) is 17.1 Å². The van der Waals surface area contributed by atoms with Crippen LogP contribution in [0.15, 0.2) is 53.4 Å². The van der Waals surface area contributed by atoms with Crippen LogP contribution in [0.4, 0.5) is 18.9 Å². The molecule has 1 N–H and O–H groups in total. The summed E-state index contributed by atoms with van der Waals surface area (Å²) in [6.07, 6.45) is -1.73. The van der Waals surface area contributed by atoms with E-state index in [0.717, 1.165) is 19.3 Å². The molecule has 0 bridgehead atoms. The number of benzene rings is 2. The van der Waals surface area contributed by atoms with Gasteiger partial charge in [0.25, 0.3) is 5.91 Å². The van der Waals surface area contributed by atoms with E-state index in [1.54, 1.807) is 12.1 Å². The summed E-state index contributed by atoms with van der Waals surface area (Å²) in [5.41, 5.74) is 1.11. The van der Waals surface area contributed by atoms with Crippen LogP contribution in [0.2, 0.25) is 0 Å². The van der Waals surface area contributed by atoms with Crippen molar-refractivity contribution >= 4 is 21.6 Å². The minimum Gasteiger partial charge on any atom is -0.367 e. The number of carbonyl (C=O) groups is 1.